The van der Waals surface area contributed by atoms with Crippen molar-refractivity contribution in [3.8, 4) is 11.3 Å². The van der Waals surface area contributed by atoms with E-state index in [0.717, 1.165) is 5.56 Å². The third kappa shape index (κ3) is 2.90. The molecule has 0 aliphatic rings. The minimum absolute atomic E-state index is 0.0347. The van der Waals surface area contributed by atoms with Crippen LogP contribution in [-0.2, 0) is 11.2 Å². The van der Waals surface area contributed by atoms with Gasteiger partial charge in [-0.05, 0) is 12.1 Å². The third-order valence-electron chi connectivity index (χ3n) is 2.54. The zero-order chi connectivity index (χ0) is 13.0. The minimum Gasteiger partial charge on any atom is -0.441 e. The van der Waals surface area contributed by atoms with E-state index in [9.17, 15) is 4.79 Å². The van der Waals surface area contributed by atoms with Gasteiger partial charge in [-0.15, -0.1) is 0 Å². The second-order valence-corrected chi connectivity index (χ2v) is 4.18. The van der Waals surface area contributed by atoms with Crippen LogP contribution in [-0.4, -0.2) is 17.9 Å². The molecule has 0 saturated heterocycles. The molecule has 18 heavy (non-hydrogen) atoms. The maximum Gasteiger partial charge on any atom is 0.220 e. The Morgan fingerprint density at radius 3 is 2.94 bits per heavy atom. The second-order valence-electron chi connectivity index (χ2n) is 3.77. The molecule has 5 heteroatoms. The van der Waals surface area contributed by atoms with Crippen molar-refractivity contribution in [2.45, 2.75) is 12.8 Å². The number of nitrogens with one attached hydrogen (secondary N) is 1. The maximum atomic E-state index is 11.1. The van der Waals surface area contributed by atoms with Gasteiger partial charge in [0, 0.05) is 25.5 Å². The molecule has 1 heterocycles. The Kier molecular flexibility index (Phi) is 3.99. The van der Waals surface area contributed by atoms with Gasteiger partial charge < -0.3 is 9.73 Å². The lowest BCUT2D eigenvalue weighted by Crippen LogP contribution is -2.17. The summed E-state index contributed by atoms with van der Waals surface area (Å²) >= 11 is 6.07. The van der Waals surface area contributed by atoms with E-state index in [1.165, 1.54) is 0 Å². The first-order valence-corrected chi connectivity index (χ1v) is 5.98. The number of carbonyl (C=O) groups excluding carboxylic acids is 1. The van der Waals surface area contributed by atoms with Crippen molar-refractivity contribution in [3.05, 3.63) is 41.4 Å². The van der Waals surface area contributed by atoms with E-state index in [2.05, 4.69) is 10.3 Å². The summed E-state index contributed by atoms with van der Waals surface area (Å²) in [4.78, 5) is 15.2. The van der Waals surface area contributed by atoms with E-state index >= 15 is 0 Å². The summed E-state index contributed by atoms with van der Waals surface area (Å²) in [6.07, 6.45) is 2.46. The topological polar surface area (TPSA) is 55.1 Å². The quantitative estimate of drug-likeness (QED) is 0.924. The molecule has 1 N–H and O–H groups in total. The van der Waals surface area contributed by atoms with Gasteiger partial charge in [0.05, 0.1) is 11.2 Å². The van der Waals surface area contributed by atoms with E-state index in [0.29, 0.717) is 29.5 Å². The van der Waals surface area contributed by atoms with Gasteiger partial charge in [-0.1, -0.05) is 23.7 Å². The highest BCUT2D eigenvalue weighted by atomic mass is 35.5. The van der Waals surface area contributed by atoms with Gasteiger partial charge in [0.2, 0.25) is 5.91 Å². The summed E-state index contributed by atoms with van der Waals surface area (Å²) < 4.78 is 5.57. The normalized spacial score (nSPS) is 10.3. The molecular formula is C13H13ClN2O2. The number of halogens is 1. The van der Waals surface area contributed by atoms with Gasteiger partial charge >= 0.3 is 0 Å². The Balaban J connectivity index is 2.11. The van der Waals surface area contributed by atoms with Crippen LogP contribution in [0, 0.1) is 0 Å². The molecule has 0 saturated carbocycles. The number of oxazole rings is 1. The van der Waals surface area contributed by atoms with Crippen molar-refractivity contribution in [1.82, 2.24) is 10.3 Å². The molecule has 0 bridgehead atoms. The highest BCUT2D eigenvalue weighted by molar-refractivity contribution is 6.33. The number of aryl methyl sites for hydroxylation is 1. The third-order valence-corrected chi connectivity index (χ3v) is 2.87. The van der Waals surface area contributed by atoms with Crippen molar-refractivity contribution in [1.29, 1.82) is 0 Å². The van der Waals surface area contributed by atoms with Crippen molar-refractivity contribution < 1.29 is 9.21 Å². The molecule has 0 spiro atoms. The van der Waals surface area contributed by atoms with Crippen LogP contribution in [0.2, 0.25) is 5.02 Å². The van der Waals surface area contributed by atoms with E-state index in [-0.39, 0.29) is 5.91 Å². The van der Waals surface area contributed by atoms with Gasteiger partial charge in [-0.2, -0.15) is 0 Å². The summed E-state index contributed by atoms with van der Waals surface area (Å²) in [7, 11) is 1.60. The number of nitrogens with zero attached hydrogens (tertiary/aromatic N) is 1. The molecule has 0 atom stereocenters. The van der Waals surface area contributed by atoms with Crippen LogP contribution in [0.3, 0.4) is 0 Å². The van der Waals surface area contributed by atoms with E-state index in [1.54, 1.807) is 19.3 Å². The summed E-state index contributed by atoms with van der Waals surface area (Å²) in [6, 6.07) is 7.40. The van der Waals surface area contributed by atoms with Gasteiger partial charge in [0.25, 0.3) is 0 Å². The number of hydrogen-bond donors (Lipinski definition) is 1. The Hall–Kier alpha value is -1.81. The highest BCUT2D eigenvalue weighted by Crippen LogP contribution is 2.28. The van der Waals surface area contributed by atoms with Crippen molar-refractivity contribution in [2.24, 2.45) is 0 Å². The number of benzene rings is 1. The fraction of sp³-hybridized carbons (Fsp3) is 0.231. The van der Waals surface area contributed by atoms with Crippen LogP contribution < -0.4 is 5.32 Å². The molecular weight excluding hydrogens is 252 g/mol. The number of hydrogen-bond acceptors (Lipinski definition) is 3. The standard InChI is InChI=1S/C13H13ClN2O2/c1-15-12(17)6-7-13-16-8-11(18-13)9-4-2-3-5-10(9)14/h2-5,8H,6-7H2,1H3,(H,15,17). The molecule has 0 unspecified atom stereocenters. The summed E-state index contributed by atoms with van der Waals surface area (Å²) in [5, 5.41) is 3.17. The predicted octanol–water partition coefficient (Wildman–Crippen LogP) is 2.67. The lowest BCUT2D eigenvalue weighted by atomic mass is 10.2. The SMILES string of the molecule is CNC(=O)CCc1ncc(-c2ccccc2Cl)o1. The largest absolute Gasteiger partial charge is 0.441 e. The molecule has 1 amide bonds. The van der Waals surface area contributed by atoms with Crippen molar-refractivity contribution in [2.75, 3.05) is 7.05 Å². The zero-order valence-electron chi connectivity index (χ0n) is 9.94. The average molecular weight is 265 g/mol. The molecule has 0 aliphatic carbocycles. The lowest BCUT2D eigenvalue weighted by Gasteiger charge is -1.99. The van der Waals surface area contributed by atoms with Gasteiger partial charge in [-0.3, -0.25) is 4.79 Å². The highest BCUT2D eigenvalue weighted by Gasteiger charge is 2.10. The van der Waals surface area contributed by atoms with E-state index in [4.69, 9.17) is 16.0 Å². The molecule has 4 nitrogen and oxygen atoms in total. The molecule has 94 valence electrons. The second kappa shape index (κ2) is 5.69. The van der Waals surface area contributed by atoms with Gasteiger partial charge in [0.15, 0.2) is 11.7 Å². The fourth-order valence-electron chi connectivity index (χ4n) is 1.56. The first-order valence-electron chi connectivity index (χ1n) is 5.61. The maximum absolute atomic E-state index is 11.1. The van der Waals surface area contributed by atoms with Crippen LogP contribution in [0.1, 0.15) is 12.3 Å². The summed E-state index contributed by atoms with van der Waals surface area (Å²) in [5.41, 5.74) is 0.804. The Labute approximate surface area is 110 Å². The van der Waals surface area contributed by atoms with Crippen LogP contribution in [0.25, 0.3) is 11.3 Å². The van der Waals surface area contributed by atoms with Crippen LogP contribution in [0.15, 0.2) is 34.9 Å². The Morgan fingerprint density at radius 2 is 2.22 bits per heavy atom. The monoisotopic (exact) mass is 264 g/mol. The van der Waals surface area contributed by atoms with Crippen molar-refractivity contribution >= 4 is 17.5 Å². The molecule has 0 fully saturated rings. The predicted molar refractivity (Wildman–Crippen MR) is 69.3 cm³/mol. The molecule has 1 aromatic heterocycles. The Morgan fingerprint density at radius 1 is 1.44 bits per heavy atom. The van der Waals surface area contributed by atoms with Crippen molar-refractivity contribution in [3.63, 3.8) is 0 Å². The zero-order valence-corrected chi connectivity index (χ0v) is 10.7. The number of aromatic nitrogens is 1. The van der Waals surface area contributed by atoms with E-state index < -0.39 is 0 Å². The fourth-order valence-corrected chi connectivity index (χ4v) is 1.79. The molecule has 0 aliphatic heterocycles. The van der Waals surface area contributed by atoms with E-state index in [1.807, 2.05) is 18.2 Å². The minimum atomic E-state index is -0.0347. The molecule has 1 aromatic carbocycles. The summed E-state index contributed by atoms with van der Waals surface area (Å²) in [6.45, 7) is 0. The number of carbonyl (C=O) groups is 1. The van der Waals surface area contributed by atoms with Crippen LogP contribution in [0.5, 0.6) is 0 Å². The first kappa shape index (κ1) is 12.6. The number of amides is 1. The smallest absolute Gasteiger partial charge is 0.220 e. The van der Waals surface area contributed by atoms with Gasteiger partial charge in [-0.25, -0.2) is 4.98 Å². The molecule has 0 radical (unpaired) electrons. The molecule has 2 aromatic rings. The number of rotatable bonds is 4. The molecule has 2 rings (SSSR count). The first-order chi connectivity index (χ1) is 8.70. The van der Waals surface area contributed by atoms with Crippen LogP contribution in [0.4, 0.5) is 0 Å². The van der Waals surface area contributed by atoms with Gasteiger partial charge in [0.1, 0.15) is 0 Å². The lowest BCUT2D eigenvalue weighted by molar-refractivity contribution is -0.120. The Bertz CT molecular complexity index is 551. The summed E-state index contributed by atoms with van der Waals surface area (Å²) in [5.74, 6) is 1.12. The van der Waals surface area contributed by atoms with Crippen LogP contribution >= 0.6 is 11.6 Å². The average Bonchev–Trinajstić information content (AvgIpc) is 2.85.